The van der Waals surface area contributed by atoms with Gasteiger partial charge in [0.1, 0.15) is 18.2 Å². The van der Waals surface area contributed by atoms with Crippen LogP contribution in [0.5, 0.6) is 0 Å². The molecule has 5 rings (SSSR count). The van der Waals surface area contributed by atoms with Gasteiger partial charge in [-0.1, -0.05) is 6.07 Å². The molecule has 2 aliphatic rings. The van der Waals surface area contributed by atoms with Crippen LogP contribution in [-0.2, 0) is 11.2 Å². The van der Waals surface area contributed by atoms with Crippen LogP contribution in [0.2, 0.25) is 0 Å². The molecule has 4 heterocycles. The minimum Gasteiger partial charge on any atom is -0.340 e. The molecule has 11 nitrogen and oxygen atoms in total. The summed E-state index contributed by atoms with van der Waals surface area (Å²) >= 11 is 0. The molecule has 2 aliphatic heterocycles. The van der Waals surface area contributed by atoms with E-state index in [0.29, 0.717) is 31.1 Å². The van der Waals surface area contributed by atoms with Crippen molar-refractivity contribution in [1.29, 1.82) is 5.26 Å². The number of rotatable bonds is 4. The van der Waals surface area contributed by atoms with E-state index in [1.54, 1.807) is 25.4 Å². The summed E-state index contributed by atoms with van der Waals surface area (Å²) in [6.07, 6.45) is 4.86. The molecular weight excluding hydrogens is 439 g/mol. The maximum atomic E-state index is 13.9. The van der Waals surface area contributed by atoms with Gasteiger partial charge < -0.3 is 10.2 Å². The molecule has 3 aromatic rings. The topological polar surface area (TPSA) is 129 Å². The third kappa shape index (κ3) is 4.23. The molecule has 1 amide bonds. The van der Waals surface area contributed by atoms with Crippen LogP contribution >= 0.6 is 0 Å². The zero-order valence-electron chi connectivity index (χ0n) is 18.6. The van der Waals surface area contributed by atoms with Gasteiger partial charge in [0.2, 0.25) is 5.91 Å². The van der Waals surface area contributed by atoms with E-state index in [1.807, 2.05) is 11.0 Å². The number of hydrogen-bond donors (Lipinski definition) is 1. The minimum atomic E-state index is -0.486. The first-order valence-electron chi connectivity index (χ1n) is 11.0. The lowest BCUT2D eigenvalue weighted by molar-refractivity contribution is -0.134. The van der Waals surface area contributed by atoms with Gasteiger partial charge in [0.25, 0.3) is 5.95 Å². The number of aromatic nitrogens is 6. The van der Waals surface area contributed by atoms with Crippen molar-refractivity contribution in [3.8, 4) is 12.0 Å². The molecule has 0 bridgehead atoms. The predicted molar refractivity (Wildman–Crippen MR) is 117 cm³/mol. The molecule has 2 aromatic heterocycles. The van der Waals surface area contributed by atoms with E-state index in [0.717, 1.165) is 24.2 Å². The average molecular weight is 462 g/mol. The van der Waals surface area contributed by atoms with Crippen molar-refractivity contribution in [2.75, 3.05) is 32.7 Å². The molecule has 2 atom stereocenters. The summed E-state index contributed by atoms with van der Waals surface area (Å²) in [7, 11) is 0. The van der Waals surface area contributed by atoms with Crippen LogP contribution in [0.3, 0.4) is 0 Å². The van der Waals surface area contributed by atoms with Crippen LogP contribution in [0.15, 0.2) is 30.9 Å². The summed E-state index contributed by atoms with van der Waals surface area (Å²) in [4.78, 5) is 25.6. The van der Waals surface area contributed by atoms with Crippen LogP contribution < -0.4 is 5.32 Å². The monoisotopic (exact) mass is 462 g/mol. The SMILES string of the molecule is Cc1c([C@H]2CN3CCN(C(=O)Cc4cnc(-n5cnnn5)nc4)C[C@H]3CN2)ccc(F)c1C#N. The van der Waals surface area contributed by atoms with E-state index < -0.39 is 5.82 Å². The fraction of sp³-hybridized carbons (Fsp3) is 0.409. The minimum absolute atomic E-state index is 0.0158. The number of tetrazole rings is 1. The number of nitrogens with zero attached hydrogens (tertiary/aromatic N) is 9. The summed E-state index contributed by atoms with van der Waals surface area (Å²) in [5.41, 5.74) is 2.46. The van der Waals surface area contributed by atoms with Gasteiger partial charge in [0.15, 0.2) is 0 Å². The lowest BCUT2D eigenvalue weighted by atomic mass is 9.93. The standard InChI is InChI=1S/C22H23FN10O/c1-14-17(2-3-19(23)18(14)7-24)20-12-31-4-5-32(11-16(31)10-25-20)21(34)6-15-8-26-22(27-9-15)33-13-28-29-30-33/h2-3,8-9,13,16,20,25H,4-6,10-12H2,1H3/t16-,20-/m1/s1. The molecule has 1 N–H and O–H groups in total. The van der Waals surface area contributed by atoms with E-state index in [1.165, 1.54) is 17.1 Å². The molecule has 174 valence electrons. The highest BCUT2D eigenvalue weighted by Crippen LogP contribution is 2.27. The van der Waals surface area contributed by atoms with Gasteiger partial charge in [-0.05, 0) is 40.1 Å². The maximum absolute atomic E-state index is 13.9. The first kappa shape index (κ1) is 22.0. The number of carbonyl (C=O) groups excluding carboxylic acids is 1. The van der Waals surface area contributed by atoms with Gasteiger partial charge in [-0.25, -0.2) is 14.4 Å². The Morgan fingerprint density at radius 2 is 2.09 bits per heavy atom. The molecule has 0 unspecified atom stereocenters. The summed E-state index contributed by atoms with van der Waals surface area (Å²) in [5, 5.41) is 23.7. The fourth-order valence-corrected chi connectivity index (χ4v) is 4.65. The Morgan fingerprint density at radius 1 is 1.26 bits per heavy atom. The molecule has 0 spiro atoms. The molecule has 2 fully saturated rings. The first-order chi connectivity index (χ1) is 16.5. The fourth-order valence-electron chi connectivity index (χ4n) is 4.65. The highest BCUT2D eigenvalue weighted by molar-refractivity contribution is 5.78. The van der Waals surface area contributed by atoms with Crippen LogP contribution in [0.4, 0.5) is 4.39 Å². The number of nitrogens with one attached hydrogen (secondary N) is 1. The number of hydrogen-bond acceptors (Lipinski definition) is 9. The number of nitriles is 1. The zero-order chi connectivity index (χ0) is 23.7. The van der Waals surface area contributed by atoms with Crippen LogP contribution in [0.25, 0.3) is 5.95 Å². The van der Waals surface area contributed by atoms with Gasteiger partial charge in [0.05, 0.1) is 12.0 Å². The Balaban J connectivity index is 1.19. The van der Waals surface area contributed by atoms with Crippen LogP contribution in [-0.4, -0.2) is 84.6 Å². The maximum Gasteiger partial charge on any atom is 0.253 e. The normalized spacial score (nSPS) is 20.6. The van der Waals surface area contributed by atoms with E-state index in [2.05, 4.69) is 35.7 Å². The number of piperazine rings is 2. The quantitative estimate of drug-likeness (QED) is 0.577. The zero-order valence-corrected chi connectivity index (χ0v) is 18.6. The summed E-state index contributed by atoms with van der Waals surface area (Å²) < 4.78 is 15.3. The number of fused-ring (bicyclic) bond motifs is 1. The third-order valence-corrected chi connectivity index (χ3v) is 6.52. The number of carbonyl (C=O) groups is 1. The third-order valence-electron chi connectivity index (χ3n) is 6.52. The van der Waals surface area contributed by atoms with Gasteiger partial charge in [-0.15, -0.1) is 5.10 Å². The molecule has 34 heavy (non-hydrogen) atoms. The van der Waals surface area contributed by atoms with Gasteiger partial charge in [-0.3, -0.25) is 9.69 Å². The van der Waals surface area contributed by atoms with Gasteiger partial charge in [0, 0.05) is 57.2 Å². The van der Waals surface area contributed by atoms with Crippen molar-refractivity contribution in [2.24, 2.45) is 0 Å². The largest absolute Gasteiger partial charge is 0.340 e. The van der Waals surface area contributed by atoms with E-state index in [4.69, 9.17) is 0 Å². The van der Waals surface area contributed by atoms with Crippen molar-refractivity contribution in [2.45, 2.75) is 25.4 Å². The van der Waals surface area contributed by atoms with E-state index in [9.17, 15) is 14.4 Å². The lowest BCUT2D eigenvalue weighted by Gasteiger charge is -2.47. The van der Waals surface area contributed by atoms with Crippen molar-refractivity contribution < 1.29 is 9.18 Å². The first-order valence-corrected chi connectivity index (χ1v) is 11.0. The molecule has 0 aliphatic carbocycles. The Morgan fingerprint density at radius 3 is 2.82 bits per heavy atom. The average Bonchev–Trinajstić information content (AvgIpc) is 3.39. The van der Waals surface area contributed by atoms with Crippen molar-refractivity contribution in [3.05, 3.63) is 58.9 Å². The summed E-state index contributed by atoms with van der Waals surface area (Å²) in [6, 6.07) is 5.31. The second kappa shape index (κ2) is 9.20. The van der Waals surface area contributed by atoms with Gasteiger partial charge in [-0.2, -0.15) is 9.94 Å². The molecular formula is C22H23FN10O. The lowest BCUT2D eigenvalue weighted by Crippen LogP contribution is -2.62. The molecule has 1 aromatic carbocycles. The summed E-state index contributed by atoms with van der Waals surface area (Å²) in [5.74, 6) is -0.107. The highest BCUT2D eigenvalue weighted by atomic mass is 19.1. The number of halogens is 1. The Bertz CT molecular complexity index is 1220. The highest BCUT2D eigenvalue weighted by Gasteiger charge is 2.35. The number of amides is 1. The number of benzene rings is 1. The predicted octanol–water partition coefficient (Wildman–Crippen LogP) is 0.171. The van der Waals surface area contributed by atoms with E-state index in [-0.39, 0.29) is 30.0 Å². The van der Waals surface area contributed by atoms with Gasteiger partial charge >= 0.3 is 0 Å². The Labute approximate surface area is 195 Å². The molecule has 0 saturated carbocycles. The Hall–Kier alpha value is -3.82. The molecule has 2 saturated heterocycles. The van der Waals surface area contributed by atoms with E-state index >= 15 is 0 Å². The molecule has 0 radical (unpaired) electrons. The van der Waals surface area contributed by atoms with Crippen LogP contribution in [0, 0.1) is 24.1 Å². The van der Waals surface area contributed by atoms with Crippen molar-refractivity contribution in [3.63, 3.8) is 0 Å². The second-order valence-electron chi connectivity index (χ2n) is 8.52. The second-order valence-corrected chi connectivity index (χ2v) is 8.52. The molecule has 12 heteroatoms. The smallest absolute Gasteiger partial charge is 0.253 e. The van der Waals surface area contributed by atoms with Crippen molar-refractivity contribution in [1.82, 2.24) is 45.3 Å². The summed E-state index contributed by atoms with van der Waals surface area (Å²) in [6.45, 7) is 5.27. The Kier molecular flexibility index (Phi) is 5.95. The van der Waals surface area contributed by atoms with Crippen LogP contribution in [0.1, 0.15) is 28.3 Å². The van der Waals surface area contributed by atoms with Crippen molar-refractivity contribution >= 4 is 5.91 Å².